The standard InChI is InChI=1S/C21H15FN2O7S/c22-17-10-5-14(19(25)23-15-6-1-12(2-7-15)20(26)27)11-18(17)32(30,31)24-16-8-3-13(4-9-16)21(28)29/h1-11,24H,(H,23,25)(H,26,27)(H,28,29). The van der Waals surface area contributed by atoms with Crippen molar-refractivity contribution in [2.24, 2.45) is 0 Å². The molecule has 4 N–H and O–H groups in total. The number of sulfonamides is 1. The molecule has 0 unspecified atom stereocenters. The zero-order valence-corrected chi connectivity index (χ0v) is 16.9. The van der Waals surface area contributed by atoms with Gasteiger partial charge in [0.05, 0.1) is 11.1 Å². The molecular weight excluding hydrogens is 443 g/mol. The van der Waals surface area contributed by atoms with Gasteiger partial charge < -0.3 is 15.5 Å². The average molecular weight is 458 g/mol. The van der Waals surface area contributed by atoms with Gasteiger partial charge in [-0.25, -0.2) is 22.4 Å². The summed E-state index contributed by atoms with van der Waals surface area (Å²) in [6, 6.07) is 12.8. The molecule has 0 atom stereocenters. The van der Waals surface area contributed by atoms with Gasteiger partial charge in [0, 0.05) is 16.9 Å². The fourth-order valence-electron chi connectivity index (χ4n) is 2.64. The van der Waals surface area contributed by atoms with Crippen molar-refractivity contribution >= 4 is 39.2 Å². The summed E-state index contributed by atoms with van der Waals surface area (Å²) in [6.45, 7) is 0. The zero-order valence-electron chi connectivity index (χ0n) is 16.1. The van der Waals surface area contributed by atoms with Crippen LogP contribution in [0.5, 0.6) is 0 Å². The predicted molar refractivity (Wildman–Crippen MR) is 112 cm³/mol. The third-order valence-corrected chi connectivity index (χ3v) is 5.65. The molecule has 9 nitrogen and oxygen atoms in total. The average Bonchev–Trinajstić information content (AvgIpc) is 2.74. The monoisotopic (exact) mass is 458 g/mol. The minimum absolute atomic E-state index is 0.00257. The summed E-state index contributed by atoms with van der Waals surface area (Å²) in [5.74, 6) is -4.17. The SMILES string of the molecule is O=C(O)c1ccc(NC(=O)c2ccc(F)c(S(=O)(=O)Nc3ccc(C(=O)O)cc3)c2)cc1. The molecule has 11 heteroatoms. The number of anilines is 2. The first-order chi connectivity index (χ1) is 15.1. The molecule has 0 aromatic heterocycles. The number of hydrogen-bond acceptors (Lipinski definition) is 5. The van der Waals surface area contributed by atoms with Gasteiger partial charge in [0.2, 0.25) is 0 Å². The maximum absolute atomic E-state index is 14.3. The van der Waals surface area contributed by atoms with Crippen LogP contribution in [0.1, 0.15) is 31.1 Å². The van der Waals surface area contributed by atoms with E-state index in [1.165, 1.54) is 48.5 Å². The fourth-order valence-corrected chi connectivity index (χ4v) is 3.80. The topological polar surface area (TPSA) is 150 Å². The maximum Gasteiger partial charge on any atom is 0.335 e. The lowest BCUT2D eigenvalue weighted by Crippen LogP contribution is -2.17. The molecule has 3 aromatic carbocycles. The summed E-state index contributed by atoms with van der Waals surface area (Å²) in [6.07, 6.45) is 0. The molecule has 32 heavy (non-hydrogen) atoms. The summed E-state index contributed by atoms with van der Waals surface area (Å²) in [5, 5.41) is 20.3. The van der Waals surface area contributed by atoms with Gasteiger partial charge in [0.1, 0.15) is 10.7 Å². The maximum atomic E-state index is 14.3. The number of benzene rings is 3. The highest BCUT2D eigenvalue weighted by Gasteiger charge is 2.22. The van der Waals surface area contributed by atoms with E-state index in [9.17, 15) is 27.2 Å². The summed E-state index contributed by atoms with van der Waals surface area (Å²) in [4.78, 5) is 33.5. The number of halogens is 1. The Balaban J connectivity index is 1.82. The highest BCUT2D eigenvalue weighted by atomic mass is 32.2. The summed E-state index contributed by atoms with van der Waals surface area (Å²) < 4.78 is 41.6. The fraction of sp³-hybridized carbons (Fsp3) is 0. The van der Waals surface area contributed by atoms with Crippen molar-refractivity contribution in [3.8, 4) is 0 Å². The number of carboxylic acids is 2. The lowest BCUT2D eigenvalue weighted by molar-refractivity contribution is 0.0686. The zero-order chi connectivity index (χ0) is 23.5. The second kappa shape index (κ2) is 8.86. The van der Waals surface area contributed by atoms with Crippen LogP contribution in [0.4, 0.5) is 15.8 Å². The quantitative estimate of drug-likeness (QED) is 0.424. The second-order valence-electron chi connectivity index (χ2n) is 6.47. The van der Waals surface area contributed by atoms with Crippen molar-refractivity contribution < 1.29 is 37.4 Å². The first kappa shape index (κ1) is 22.4. The third-order valence-electron chi connectivity index (χ3n) is 4.26. The highest BCUT2D eigenvalue weighted by molar-refractivity contribution is 7.92. The summed E-state index contributed by atoms with van der Waals surface area (Å²) in [5.41, 5.74) is 0.0540. The van der Waals surface area contributed by atoms with Crippen molar-refractivity contribution in [3.05, 3.63) is 89.2 Å². The van der Waals surface area contributed by atoms with Crippen molar-refractivity contribution in [1.29, 1.82) is 0 Å². The number of carboxylic acid groups (broad SMARTS) is 2. The van der Waals surface area contributed by atoms with Crippen molar-refractivity contribution in [2.45, 2.75) is 4.90 Å². The Bertz CT molecular complexity index is 1300. The molecule has 0 saturated carbocycles. The highest BCUT2D eigenvalue weighted by Crippen LogP contribution is 2.22. The number of rotatable bonds is 7. The van der Waals surface area contributed by atoms with Crippen LogP contribution >= 0.6 is 0 Å². The molecule has 0 radical (unpaired) electrons. The van der Waals surface area contributed by atoms with Gasteiger partial charge in [0.25, 0.3) is 15.9 Å². The Morgan fingerprint density at radius 1 is 0.719 bits per heavy atom. The first-order valence-corrected chi connectivity index (χ1v) is 10.4. The van der Waals surface area contributed by atoms with Gasteiger partial charge in [-0.3, -0.25) is 9.52 Å². The van der Waals surface area contributed by atoms with Crippen molar-refractivity contribution in [2.75, 3.05) is 10.0 Å². The van der Waals surface area contributed by atoms with Crippen LogP contribution < -0.4 is 10.0 Å². The van der Waals surface area contributed by atoms with Gasteiger partial charge in [-0.2, -0.15) is 0 Å². The Hall–Kier alpha value is -4.25. The van der Waals surface area contributed by atoms with Crippen LogP contribution in [0.2, 0.25) is 0 Å². The normalized spacial score (nSPS) is 10.9. The number of carbonyl (C=O) groups is 3. The molecule has 0 heterocycles. The Labute approximate surface area is 181 Å². The van der Waals surface area contributed by atoms with Crippen LogP contribution in [-0.2, 0) is 10.0 Å². The van der Waals surface area contributed by atoms with Crippen LogP contribution in [-0.4, -0.2) is 36.5 Å². The lowest BCUT2D eigenvalue weighted by Gasteiger charge is -2.11. The van der Waals surface area contributed by atoms with Gasteiger partial charge in [0.15, 0.2) is 0 Å². The van der Waals surface area contributed by atoms with Gasteiger partial charge in [-0.1, -0.05) is 0 Å². The molecule has 3 aromatic rings. The van der Waals surface area contributed by atoms with Crippen molar-refractivity contribution in [1.82, 2.24) is 0 Å². The second-order valence-corrected chi connectivity index (χ2v) is 8.12. The van der Waals surface area contributed by atoms with E-state index in [2.05, 4.69) is 10.0 Å². The van der Waals surface area contributed by atoms with Crippen LogP contribution in [0.3, 0.4) is 0 Å². The van der Waals surface area contributed by atoms with E-state index >= 15 is 0 Å². The Kier molecular flexibility index (Phi) is 6.21. The minimum atomic E-state index is -4.44. The minimum Gasteiger partial charge on any atom is -0.478 e. The first-order valence-electron chi connectivity index (χ1n) is 8.87. The summed E-state index contributed by atoms with van der Waals surface area (Å²) >= 11 is 0. The van der Waals surface area contributed by atoms with Gasteiger partial charge in [-0.15, -0.1) is 0 Å². The molecule has 0 fully saturated rings. The van der Waals surface area contributed by atoms with E-state index in [1.54, 1.807) is 0 Å². The largest absolute Gasteiger partial charge is 0.478 e. The number of hydrogen-bond donors (Lipinski definition) is 4. The molecule has 1 amide bonds. The molecule has 164 valence electrons. The van der Waals surface area contributed by atoms with E-state index in [-0.39, 0.29) is 28.1 Å². The summed E-state index contributed by atoms with van der Waals surface area (Å²) in [7, 11) is -4.44. The van der Waals surface area contributed by atoms with E-state index in [1.807, 2.05) is 0 Å². The molecule has 3 rings (SSSR count). The van der Waals surface area contributed by atoms with E-state index in [0.29, 0.717) is 0 Å². The van der Waals surface area contributed by atoms with E-state index in [0.717, 1.165) is 18.2 Å². The number of carbonyl (C=O) groups excluding carboxylic acids is 1. The molecule has 0 aliphatic carbocycles. The smallest absolute Gasteiger partial charge is 0.335 e. The number of nitrogens with one attached hydrogen (secondary N) is 2. The lowest BCUT2D eigenvalue weighted by atomic mass is 10.2. The molecule has 0 aliphatic heterocycles. The molecule has 0 aliphatic rings. The van der Waals surface area contributed by atoms with Crippen LogP contribution in [0.15, 0.2) is 71.6 Å². The van der Waals surface area contributed by atoms with Crippen molar-refractivity contribution in [3.63, 3.8) is 0 Å². The van der Waals surface area contributed by atoms with Gasteiger partial charge in [-0.05, 0) is 66.7 Å². The van der Waals surface area contributed by atoms with E-state index in [4.69, 9.17) is 10.2 Å². The molecular formula is C21H15FN2O7S. The number of aromatic carboxylic acids is 2. The van der Waals surface area contributed by atoms with Crippen LogP contribution in [0, 0.1) is 5.82 Å². The number of amides is 1. The Morgan fingerprint density at radius 2 is 1.19 bits per heavy atom. The third kappa shape index (κ3) is 5.08. The molecule has 0 bridgehead atoms. The molecule has 0 spiro atoms. The van der Waals surface area contributed by atoms with E-state index < -0.39 is 38.6 Å². The Morgan fingerprint density at radius 3 is 1.69 bits per heavy atom. The predicted octanol–water partition coefficient (Wildman–Crippen LogP) is 3.28. The van der Waals surface area contributed by atoms with Crippen LogP contribution in [0.25, 0.3) is 0 Å². The molecule has 0 saturated heterocycles. The van der Waals surface area contributed by atoms with Gasteiger partial charge >= 0.3 is 11.9 Å².